The lowest BCUT2D eigenvalue weighted by Gasteiger charge is -2.31. The average Bonchev–Trinajstić information content (AvgIpc) is 2.91. The Bertz CT molecular complexity index is 535. The van der Waals surface area contributed by atoms with Gasteiger partial charge in [0.25, 0.3) is 0 Å². The number of carbonyl (C=O) groups is 1. The molecule has 2 N–H and O–H groups in total. The fourth-order valence-electron chi connectivity index (χ4n) is 3.57. The zero-order chi connectivity index (χ0) is 14.8. The van der Waals surface area contributed by atoms with Crippen LogP contribution in [0.25, 0.3) is 0 Å². The molecule has 1 aliphatic carbocycles. The van der Waals surface area contributed by atoms with E-state index in [1.807, 2.05) is 0 Å². The van der Waals surface area contributed by atoms with E-state index >= 15 is 0 Å². The van der Waals surface area contributed by atoms with Crippen molar-refractivity contribution >= 4 is 5.91 Å². The molecule has 1 aromatic rings. The van der Waals surface area contributed by atoms with E-state index in [4.69, 9.17) is 0 Å². The standard InChI is InChI=1S/C16H20F2N2O/c17-14-3-1-2-10(16(14)18)7-15(21)20-13-5-4-11-8-19-9-12(11)6-13/h1-3,11-13,19H,4-9H2,(H,20,21)/t11-,12+,13?/m0/s1. The molecule has 0 radical (unpaired) electrons. The highest BCUT2D eigenvalue weighted by atomic mass is 19.2. The first-order valence-corrected chi connectivity index (χ1v) is 7.56. The Kier molecular flexibility index (Phi) is 4.19. The summed E-state index contributed by atoms with van der Waals surface area (Å²) in [4.78, 5) is 12.0. The largest absolute Gasteiger partial charge is 0.353 e. The first kappa shape index (κ1) is 14.4. The Balaban J connectivity index is 1.55. The topological polar surface area (TPSA) is 41.1 Å². The molecule has 0 bridgehead atoms. The van der Waals surface area contributed by atoms with E-state index in [2.05, 4.69) is 10.6 Å². The summed E-state index contributed by atoms with van der Waals surface area (Å²) in [5.41, 5.74) is 0.115. The van der Waals surface area contributed by atoms with Crippen LogP contribution in [-0.4, -0.2) is 25.0 Å². The Hall–Kier alpha value is -1.49. The predicted octanol–water partition coefficient (Wildman–Crippen LogP) is 2.01. The molecule has 1 amide bonds. The highest BCUT2D eigenvalue weighted by Crippen LogP contribution is 2.32. The number of amides is 1. The van der Waals surface area contributed by atoms with E-state index < -0.39 is 11.6 Å². The van der Waals surface area contributed by atoms with Crippen LogP contribution >= 0.6 is 0 Å². The third-order valence-corrected chi connectivity index (χ3v) is 4.70. The first-order valence-electron chi connectivity index (χ1n) is 7.56. The summed E-state index contributed by atoms with van der Waals surface area (Å²) in [7, 11) is 0. The minimum absolute atomic E-state index is 0.105. The fraction of sp³-hybridized carbons (Fsp3) is 0.562. The lowest BCUT2D eigenvalue weighted by atomic mass is 9.79. The minimum Gasteiger partial charge on any atom is -0.353 e. The van der Waals surface area contributed by atoms with Crippen LogP contribution in [0.4, 0.5) is 8.78 Å². The lowest BCUT2D eigenvalue weighted by Crippen LogP contribution is -2.41. The molecule has 1 aromatic carbocycles. The normalized spacial score (nSPS) is 28.2. The molecule has 5 heteroatoms. The molecule has 1 heterocycles. The van der Waals surface area contributed by atoms with Crippen molar-refractivity contribution in [2.45, 2.75) is 31.7 Å². The summed E-state index contributed by atoms with van der Waals surface area (Å²) < 4.78 is 26.7. The SMILES string of the molecule is O=C(Cc1cccc(F)c1F)NC1CC[C@H]2CNC[C@H]2C1. The van der Waals surface area contributed by atoms with Gasteiger partial charge >= 0.3 is 0 Å². The van der Waals surface area contributed by atoms with E-state index in [-0.39, 0.29) is 23.9 Å². The van der Waals surface area contributed by atoms with Gasteiger partial charge in [-0.3, -0.25) is 4.79 Å². The predicted molar refractivity (Wildman–Crippen MR) is 75.7 cm³/mol. The summed E-state index contributed by atoms with van der Waals surface area (Å²) in [6.45, 7) is 2.11. The van der Waals surface area contributed by atoms with Gasteiger partial charge in [0.2, 0.25) is 5.91 Å². The van der Waals surface area contributed by atoms with Gasteiger partial charge in [0.15, 0.2) is 11.6 Å². The molecule has 1 aliphatic heterocycles. The molecule has 114 valence electrons. The van der Waals surface area contributed by atoms with Crippen LogP contribution in [-0.2, 0) is 11.2 Å². The number of hydrogen-bond donors (Lipinski definition) is 2. The Labute approximate surface area is 123 Å². The zero-order valence-corrected chi connectivity index (χ0v) is 11.9. The number of benzene rings is 1. The van der Waals surface area contributed by atoms with Gasteiger partial charge in [0, 0.05) is 11.6 Å². The molecule has 1 unspecified atom stereocenters. The second kappa shape index (κ2) is 6.10. The Morgan fingerprint density at radius 2 is 2.05 bits per heavy atom. The van der Waals surface area contributed by atoms with Crippen molar-refractivity contribution < 1.29 is 13.6 Å². The molecular formula is C16H20F2N2O. The number of halogens is 2. The van der Waals surface area contributed by atoms with Crippen LogP contribution in [0.5, 0.6) is 0 Å². The highest BCUT2D eigenvalue weighted by molar-refractivity contribution is 5.78. The zero-order valence-electron chi connectivity index (χ0n) is 11.9. The van der Waals surface area contributed by atoms with E-state index in [0.29, 0.717) is 5.92 Å². The number of fused-ring (bicyclic) bond motifs is 1. The second-order valence-corrected chi connectivity index (χ2v) is 6.15. The Morgan fingerprint density at radius 3 is 2.90 bits per heavy atom. The smallest absolute Gasteiger partial charge is 0.224 e. The van der Waals surface area contributed by atoms with Crippen LogP contribution in [0, 0.1) is 23.5 Å². The van der Waals surface area contributed by atoms with Gasteiger partial charge in [-0.2, -0.15) is 0 Å². The maximum Gasteiger partial charge on any atom is 0.224 e. The van der Waals surface area contributed by atoms with Crippen molar-refractivity contribution in [1.29, 1.82) is 0 Å². The Morgan fingerprint density at radius 1 is 1.24 bits per heavy atom. The molecule has 2 fully saturated rings. The maximum absolute atomic E-state index is 13.6. The number of rotatable bonds is 3. The van der Waals surface area contributed by atoms with Gasteiger partial charge in [-0.1, -0.05) is 12.1 Å². The van der Waals surface area contributed by atoms with Gasteiger partial charge in [0.05, 0.1) is 6.42 Å². The van der Waals surface area contributed by atoms with E-state index in [0.717, 1.165) is 44.3 Å². The van der Waals surface area contributed by atoms with Crippen molar-refractivity contribution in [3.8, 4) is 0 Å². The van der Waals surface area contributed by atoms with Gasteiger partial charge in [-0.15, -0.1) is 0 Å². The third kappa shape index (κ3) is 3.23. The molecule has 3 rings (SSSR count). The fourth-order valence-corrected chi connectivity index (χ4v) is 3.57. The summed E-state index contributed by atoms with van der Waals surface area (Å²) in [6, 6.07) is 4.10. The van der Waals surface area contributed by atoms with E-state index in [1.165, 1.54) is 12.1 Å². The van der Waals surface area contributed by atoms with Crippen LogP contribution in [0.1, 0.15) is 24.8 Å². The van der Waals surface area contributed by atoms with Crippen molar-refractivity contribution in [2.24, 2.45) is 11.8 Å². The van der Waals surface area contributed by atoms with E-state index in [1.54, 1.807) is 0 Å². The molecule has 0 spiro atoms. The second-order valence-electron chi connectivity index (χ2n) is 6.15. The van der Waals surface area contributed by atoms with Crippen molar-refractivity contribution in [3.05, 3.63) is 35.4 Å². The molecular weight excluding hydrogens is 274 g/mol. The van der Waals surface area contributed by atoms with Crippen molar-refractivity contribution in [3.63, 3.8) is 0 Å². The van der Waals surface area contributed by atoms with Crippen LogP contribution < -0.4 is 10.6 Å². The number of carbonyl (C=O) groups excluding carboxylic acids is 1. The summed E-state index contributed by atoms with van der Waals surface area (Å²) in [5.74, 6) is -0.683. The van der Waals surface area contributed by atoms with Gasteiger partial charge in [-0.25, -0.2) is 8.78 Å². The van der Waals surface area contributed by atoms with Crippen LogP contribution in [0.15, 0.2) is 18.2 Å². The van der Waals surface area contributed by atoms with Crippen LogP contribution in [0.3, 0.4) is 0 Å². The molecule has 0 aromatic heterocycles. The van der Waals surface area contributed by atoms with Crippen LogP contribution in [0.2, 0.25) is 0 Å². The molecule has 21 heavy (non-hydrogen) atoms. The molecule has 1 saturated heterocycles. The maximum atomic E-state index is 13.6. The van der Waals surface area contributed by atoms with E-state index in [9.17, 15) is 13.6 Å². The van der Waals surface area contributed by atoms with Gasteiger partial charge in [0.1, 0.15) is 0 Å². The van der Waals surface area contributed by atoms with Crippen molar-refractivity contribution in [2.75, 3.05) is 13.1 Å². The third-order valence-electron chi connectivity index (χ3n) is 4.70. The first-order chi connectivity index (χ1) is 10.1. The minimum atomic E-state index is -0.920. The average molecular weight is 294 g/mol. The monoisotopic (exact) mass is 294 g/mol. The summed E-state index contributed by atoms with van der Waals surface area (Å²) >= 11 is 0. The number of hydrogen-bond acceptors (Lipinski definition) is 2. The molecule has 2 aliphatic rings. The molecule has 3 nitrogen and oxygen atoms in total. The van der Waals surface area contributed by atoms with Gasteiger partial charge in [-0.05, 0) is 50.3 Å². The highest BCUT2D eigenvalue weighted by Gasteiger charge is 2.34. The molecule has 3 atom stereocenters. The lowest BCUT2D eigenvalue weighted by molar-refractivity contribution is -0.121. The summed E-state index contributed by atoms with van der Waals surface area (Å²) in [5, 5.41) is 6.36. The summed E-state index contributed by atoms with van der Waals surface area (Å²) in [6.07, 6.45) is 2.97. The van der Waals surface area contributed by atoms with Gasteiger partial charge < -0.3 is 10.6 Å². The molecule has 1 saturated carbocycles. The van der Waals surface area contributed by atoms with Crippen molar-refractivity contribution in [1.82, 2.24) is 10.6 Å². The quantitative estimate of drug-likeness (QED) is 0.895. The number of nitrogens with one attached hydrogen (secondary N) is 2.